The van der Waals surface area contributed by atoms with Crippen LogP contribution < -0.4 is 0 Å². The van der Waals surface area contributed by atoms with Crippen molar-refractivity contribution >= 4 is 11.9 Å². The van der Waals surface area contributed by atoms with Gasteiger partial charge in [0.15, 0.2) is 0 Å². The van der Waals surface area contributed by atoms with E-state index in [9.17, 15) is 9.59 Å². The van der Waals surface area contributed by atoms with Crippen LogP contribution in [0.2, 0.25) is 0 Å². The van der Waals surface area contributed by atoms with E-state index in [0.717, 1.165) is 17.8 Å². The van der Waals surface area contributed by atoms with Crippen molar-refractivity contribution in [2.24, 2.45) is 17.8 Å². The number of esters is 2. The fourth-order valence-electron chi connectivity index (χ4n) is 1.91. The third-order valence-electron chi connectivity index (χ3n) is 3.01. The monoisotopic (exact) mass is 268 g/mol. The topological polar surface area (TPSA) is 52.6 Å². The predicted molar refractivity (Wildman–Crippen MR) is 70.8 cm³/mol. The van der Waals surface area contributed by atoms with Gasteiger partial charge in [-0.3, -0.25) is 9.59 Å². The van der Waals surface area contributed by atoms with E-state index in [-0.39, 0.29) is 0 Å². The van der Waals surface area contributed by atoms with E-state index >= 15 is 0 Å². The Morgan fingerprint density at radius 1 is 1.21 bits per heavy atom. The Kier molecular flexibility index (Phi) is 5.39. The van der Waals surface area contributed by atoms with Crippen LogP contribution in [0.25, 0.3) is 0 Å². The zero-order valence-corrected chi connectivity index (χ0v) is 12.5. The molecule has 108 valence electrons. The van der Waals surface area contributed by atoms with Crippen LogP contribution in [-0.2, 0) is 19.1 Å². The summed E-state index contributed by atoms with van der Waals surface area (Å²) < 4.78 is 9.56. The average Bonchev–Trinajstić information content (AvgIpc) is 3.08. The number of ether oxygens (including phenoxy) is 2. The summed E-state index contributed by atoms with van der Waals surface area (Å²) in [5, 5.41) is 0. The molecule has 2 radical (unpaired) electrons. The Morgan fingerprint density at radius 2 is 1.63 bits per heavy atom. The smallest absolute Gasteiger partial charge is 0.305 e. The first-order valence-corrected chi connectivity index (χ1v) is 6.89. The predicted octanol–water partition coefficient (Wildman–Crippen LogP) is 2.98. The maximum absolute atomic E-state index is 10.5. The fourth-order valence-corrected chi connectivity index (χ4v) is 1.91. The van der Waals surface area contributed by atoms with E-state index in [1.807, 2.05) is 0 Å². The van der Waals surface area contributed by atoms with Crippen LogP contribution >= 0.6 is 0 Å². The minimum Gasteiger partial charge on any atom is -0.423 e. The molecule has 0 aromatic carbocycles. The van der Waals surface area contributed by atoms with E-state index in [4.69, 9.17) is 9.47 Å². The Morgan fingerprint density at radius 3 is 1.79 bits per heavy atom. The molecule has 19 heavy (non-hydrogen) atoms. The van der Waals surface area contributed by atoms with E-state index in [1.54, 1.807) is 0 Å². The Hall–Kier alpha value is -1.06. The van der Waals surface area contributed by atoms with Gasteiger partial charge in [-0.15, -0.1) is 0 Å². The molecule has 4 heteroatoms. The summed E-state index contributed by atoms with van der Waals surface area (Å²) in [6.45, 7) is 9.37. The minimum atomic E-state index is -0.905. The zero-order chi connectivity index (χ0) is 14.6. The quantitative estimate of drug-likeness (QED) is 0.581. The van der Waals surface area contributed by atoms with Crippen LogP contribution in [-0.4, -0.2) is 17.7 Å². The van der Waals surface area contributed by atoms with Crippen LogP contribution in [0.5, 0.6) is 0 Å². The Balaban J connectivity index is 0.000000200. The van der Waals surface area contributed by atoms with Crippen LogP contribution in [0.1, 0.15) is 53.9 Å². The molecule has 0 bridgehead atoms. The number of carbonyl (C=O) groups is 2. The first-order chi connectivity index (χ1) is 8.74. The van der Waals surface area contributed by atoms with Crippen molar-refractivity contribution in [3.63, 3.8) is 0 Å². The van der Waals surface area contributed by atoms with Gasteiger partial charge in [0.2, 0.25) is 0 Å². The molecular formula is C15H24O4. The maximum Gasteiger partial charge on any atom is 0.305 e. The van der Waals surface area contributed by atoms with Crippen molar-refractivity contribution in [1.29, 1.82) is 0 Å². The molecule has 0 N–H and O–H groups in total. The third-order valence-corrected chi connectivity index (χ3v) is 3.01. The highest BCUT2D eigenvalue weighted by molar-refractivity contribution is 5.69. The molecule has 2 aliphatic rings. The Bertz CT molecular complexity index is 313. The summed E-state index contributed by atoms with van der Waals surface area (Å²) in [5.74, 6) is 0.773. The van der Waals surface area contributed by atoms with Crippen molar-refractivity contribution < 1.29 is 19.1 Å². The Labute approximate surface area is 115 Å². The molecule has 2 rings (SSSR count). The molecule has 2 fully saturated rings. The molecule has 0 spiro atoms. The summed E-state index contributed by atoms with van der Waals surface area (Å²) in [6.07, 6.45) is 5.95. The third kappa shape index (κ3) is 6.60. The highest BCUT2D eigenvalue weighted by Gasteiger charge is 2.50. The zero-order valence-electron chi connectivity index (χ0n) is 12.5. The second kappa shape index (κ2) is 6.40. The largest absolute Gasteiger partial charge is 0.423 e. The molecular weight excluding hydrogens is 244 g/mol. The number of carbonyl (C=O) groups excluding carboxylic acids is 2. The van der Waals surface area contributed by atoms with Gasteiger partial charge in [0.25, 0.3) is 5.79 Å². The van der Waals surface area contributed by atoms with E-state index < -0.39 is 17.7 Å². The van der Waals surface area contributed by atoms with Gasteiger partial charge in [-0.25, -0.2) is 0 Å². The van der Waals surface area contributed by atoms with Crippen molar-refractivity contribution in [2.45, 2.75) is 59.7 Å². The summed E-state index contributed by atoms with van der Waals surface area (Å²) in [7, 11) is 0. The maximum atomic E-state index is 10.5. The first kappa shape index (κ1) is 16.0. The van der Waals surface area contributed by atoms with Gasteiger partial charge in [-0.05, 0) is 30.6 Å². The molecule has 0 aliphatic heterocycles. The highest BCUT2D eigenvalue weighted by Crippen LogP contribution is 2.41. The molecule has 2 unspecified atom stereocenters. The van der Waals surface area contributed by atoms with Crippen molar-refractivity contribution in [1.82, 2.24) is 0 Å². The van der Waals surface area contributed by atoms with Crippen molar-refractivity contribution in [2.75, 3.05) is 0 Å². The van der Waals surface area contributed by atoms with Crippen molar-refractivity contribution in [3.8, 4) is 0 Å². The summed E-state index contributed by atoms with van der Waals surface area (Å²) >= 11 is 0. The minimum absolute atomic E-state index is 0.413. The van der Waals surface area contributed by atoms with Crippen LogP contribution in [0.3, 0.4) is 0 Å². The van der Waals surface area contributed by atoms with Gasteiger partial charge in [-0.1, -0.05) is 20.8 Å². The van der Waals surface area contributed by atoms with Gasteiger partial charge < -0.3 is 9.47 Å². The molecule has 0 saturated heterocycles. The summed E-state index contributed by atoms with van der Waals surface area (Å²) in [4.78, 5) is 20.9. The number of hydrogen-bond acceptors (Lipinski definition) is 4. The first-order valence-electron chi connectivity index (χ1n) is 6.89. The molecule has 0 amide bonds. The average molecular weight is 268 g/mol. The molecule has 2 atom stereocenters. The molecule has 0 aromatic rings. The lowest BCUT2D eigenvalue weighted by molar-refractivity contribution is -0.193. The lowest BCUT2D eigenvalue weighted by atomic mass is 10.1. The summed E-state index contributed by atoms with van der Waals surface area (Å²) in [5.41, 5.74) is 0. The SMILES string of the molecule is CC(=O)OC1(OC(C)=O)CC1.CC(C)CC1[C]C1C. The van der Waals surface area contributed by atoms with Gasteiger partial charge >= 0.3 is 11.9 Å². The second-order valence-corrected chi connectivity index (χ2v) is 5.79. The van der Waals surface area contributed by atoms with Crippen LogP contribution in [0.4, 0.5) is 0 Å². The van der Waals surface area contributed by atoms with Gasteiger partial charge in [-0.2, -0.15) is 0 Å². The number of rotatable bonds is 4. The lowest BCUT2D eigenvalue weighted by Crippen LogP contribution is -2.23. The standard InChI is InChI=1S/C8H14.C7H10O4/c1-6(2)4-8-5-7(8)3;1-5(8)10-7(3-4-7)11-6(2)9/h6-8H,4H2,1-3H3;3-4H2,1-2H3. The van der Waals surface area contributed by atoms with Crippen LogP contribution in [0.15, 0.2) is 0 Å². The summed E-state index contributed by atoms with van der Waals surface area (Å²) in [6, 6.07) is 0. The van der Waals surface area contributed by atoms with Gasteiger partial charge in [0, 0.05) is 26.7 Å². The van der Waals surface area contributed by atoms with Crippen LogP contribution in [0, 0.1) is 24.2 Å². The molecule has 2 aliphatic carbocycles. The molecule has 2 saturated carbocycles. The van der Waals surface area contributed by atoms with Gasteiger partial charge in [0.1, 0.15) is 0 Å². The lowest BCUT2D eigenvalue weighted by Gasteiger charge is -2.14. The fraction of sp³-hybridized carbons (Fsp3) is 0.800. The van der Waals surface area contributed by atoms with E-state index in [1.165, 1.54) is 20.3 Å². The second-order valence-electron chi connectivity index (χ2n) is 5.79. The highest BCUT2D eigenvalue weighted by atomic mass is 16.7. The van der Waals surface area contributed by atoms with Gasteiger partial charge in [0.05, 0.1) is 0 Å². The molecule has 0 aromatic heterocycles. The molecule has 0 heterocycles. The van der Waals surface area contributed by atoms with E-state index in [0.29, 0.717) is 12.8 Å². The number of hydrogen-bond donors (Lipinski definition) is 0. The van der Waals surface area contributed by atoms with E-state index in [2.05, 4.69) is 27.2 Å². The van der Waals surface area contributed by atoms with Crippen molar-refractivity contribution in [3.05, 3.63) is 6.42 Å². The molecule has 4 nitrogen and oxygen atoms in total. The normalized spacial score (nSPS) is 26.0.